The van der Waals surface area contributed by atoms with Gasteiger partial charge < -0.3 is 14.0 Å². The zero-order valence-electron chi connectivity index (χ0n) is 15.8. The van der Waals surface area contributed by atoms with Gasteiger partial charge in [-0.1, -0.05) is 17.3 Å². The van der Waals surface area contributed by atoms with Crippen molar-refractivity contribution >= 4 is 26.8 Å². The van der Waals surface area contributed by atoms with Crippen LogP contribution in [0.3, 0.4) is 0 Å². The first-order valence-electron chi connectivity index (χ1n) is 9.38. The standard InChI is InChI=1S/C19H20N4O5S/c1-26-19-16-14(10-13(20-19)11-23-7-3-8-23)28-21-18(16)22-29(24,25)15-5-2-4-12-6-9-27-17(12)15/h2,4-5,10H,3,6-9,11H2,1H3,(H,21,22). The number of fused-ring (bicyclic) bond motifs is 2. The lowest BCUT2D eigenvalue weighted by molar-refractivity contribution is 0.170. The van der Waals surface area contributed by atoms with Crippen molar-refractivity contribution < 1.29 is 22.4 Å². The number of para-hydroxylation sites is 1. The number of hydrogen-bond donors (Lipinski definition) is 1. The summed E-state index contributed by atoms with van der Waals surface area (Å²) in [5, 5.41) is 4.31. The van der Waals surface area contributed by atoms with Gasteiger partial charge in [-0.25, -0.2) is 13.4 Å². The highest BCUT2D eigenvalue weighted by Gasteiger charge is 2.28. The van der Waals surface area contributed by atoms with Gasteiger partial charge in [0.05, 0.1) is 19.4 Å². The number of aromatic nitrogens is 2. The lowest BCUT2D eigenvalue weighted by Gasteiger charge is -2.30. The third-order valence-corrected chi connectivity index (χ3v) is 6.56. The van der Waals surface area contributed by atoms with Crippen molar-refractivity contribution in [3.63, 3.8) is 0 Å². The smallest absolute Gasteiger partial charge is 0.266 e. The maximum absolute atomic E-state index is 13.0. The molecule has 2 aliphatic rings. The fourth-order valence-electron chi connectivity index (χ4n) is 3.62. The molecule has 152 valence electrons. The topological polar surface area (TPSA) is 107 Å². The second-order valence-corrected chi connectivity index (χ2v) is 8.76. The Morgan fingerprint density at radius 1 is 1.31 bits per heavy atom. The fourth-order valence-corrected chi connectivity index (χ4v) is 4.82. The predicted molar refractivity (Wildman–Crippen MR) is 105 cm³/mol. The van der Waals surface area contributed by atoms with Gasteiger partial charge in [-0.2, -0.15) is 0 Å². The van der Waals surface area contributed by atoms with E-state index in [-0.39, 0.29) is 16.6 Å². The summed E-state index contributed by atoms with van der Waals surface area (Å²) in [6.45, 7) is 3.22. The van der Waals surface area contributed by atoms with Crippen LogP contribution in [0.25, 0.3) is 11.0 Å². The molecule has 0 aliphatic carbocycles. The molecule has 0 radical (unpaired) electrons. The van der Waals surface area contributed by atoms with Crippen molar-refractivity contribution in [2.75, 3.05) is 31.5 Å². The minimum absolute atomic E-state index is 0.0375. The van der Waals surface area contributed by atoms with Gasteiger partial charge in [-0.05, 0) is 31.1 Å². The fraction of sp³-hybridized carbons (Fsp3) is 0.368. The lowest BCUT2D eigenvalue weighted by atomic mass is 10.2. The Balaban J connectivity index is 1.51. The van der Waals surface area contributed by atoms with Gasteiger partial charge in [-0.15, -0.1) is 0 Å². The molecular weight excluding hydrogens is 396 g/mol. The van der Waals surface area contributed by atoms with Crippen LogP contribution in [0.15, 0.2) is 33.7 Å². The van der Waals surface area contributed by atoms with E-state index in [0.29, 0.717) is 36.3 Å². The number of likely N-dealkylation sites (tertiary alicyclic amines) is 1. The van der Waals surface area contributed by atoms with Crippen LogP contribution in [-0.2, 0) is 23.0 Å². The average molecular weight is 416 g/mol. The largest absolute Gasteiger partial charge is 0.492 e. The van der Waals surface area contributed by atoms with Crippen molar-refractivity contribution in [1.29, 1.82) is 0 Å². The molecule has 1 fully saturated rings. The Morgan fingerprint density at radius 3 is 2.93 bits per heavy atom. The molecule has 0 atom stereocenters. The molecule has 29 heavy (non-hydrogen) atoms. The van der Waals surface area contributed by atoms with Gasteiger partial charge in [-0.3, -0.25) is 9.62 Å². The predicted octanol–water partition coefficient (Wildman–Crippen LogP) is 2.17. The van der Waals surface area contributed by atoms with Crippen LogP contribution in [0.2, 0.25) is 0 Å². The van der Waals surface area contributed by atoms with Crippen LogP contribution in [-0.4, -0.2) is 50.3 Å². The molecule has 3 aromatic rings. The van der Waals surface area contributed by atoms with Crippen LogP contribution in [0.4, 0.5) is 5.82 Å². The molecule has 2 aromatic heterocycles. The van der Waals surface area contributed by atoms with Crippen LogP contribution in [0.5, 0.6) is 11.6 Å². The monoisotopic (exact) mass is 416 g/mol. The Bertz CT molecular complexity index is 1190. The zero-order chi connectivity index (χ0) is 20.0. The number of ether oxygens (including phenoxy) is 2. The van der Waals surface area contributed by atoms with E-state index in [1.54, 1.807) is 12.1 Å². The minimum Gasteiger partial charge on any atom is -0.492 e. The molecule has 1 N–H and O–H groups in total. The molecule has 2 aliphatic heterocycles. The third kappa shape index (κ3) is 3.18. The summed E-state index contributed by atoms with van der Waals surface area (Å²) >= 11 is 0. The van der Waals surface area contributed by atoms with Crippen LogP contribution in [0, 0.1) is 0 Å². The zero-order valence-corrected chi connectivity index (χ0v) is 16.7. The number of hydrogen-bond acceptors (Lipinski definition) is 8. The molecule has 1 aromatic carbocycles. The van der Waals surface area contributed by atoms with E-state index >= 15 is 0 Å². The number of pyridine rings is 1. The first kappa shape index (κ1) is 18.2. The van der Waals surface area contributed by atoms with Gasteiger partial charge in [0.15, 0.2) is 11.4 Å². The molecule has 4 heterocycles. The highest BCUT2D eigenvalue weighted by molar-refractivity contribution is 7.92. The maximum atomic E-state index is 13.0. The molecular formula is C19H20N4O5S. The lowest BCUT2D eigenvalue weighted by Crippen LogP contribution is -2.36. The van der Waals surface area contributed by atoms with Crippen LogP contribution >= 0.6 is 0 Å². The minimum atomic E-state index is -3.94. The average Bonchev–Trinajstić information content (AvgIpc) is 3.30. The summed E-state index contributed by atoms with van der Waals surface area (Å²) in [7, 11) is -2.45. The van der Waals surface area contributed by atoms with E-state index in [4.69, 9.17) is 14.0 Å². The molecule has 5 rings (SSSR count). The summed E-state index contributed by atoms with van der Waals surface area (Å²) in [6.07, 6.45) is 1.86. The SMILES string of the molecule is COc1nc(CN2CCC2)cc2onc(NS(=O)(=O)c3cccc4c3OCC4)c12. The van der Waals surface area contributed by atoms with Crippen molar-refractivity contribution in [2.45, 2.75) is 24.3 Å². The normalized spacial score (nSPS) is 16.3. The number of rotatable bonds is 6. The van der Waals surface area contributed by atoms with Crippen molar-refractivity contribution in [1.82, 2.24) is 15.0 Å². The highest BCUT2D eigenvalue weighted by atomic mass is 32.2. The third-order valence-electron chi connectivity index (χ3n) is 5.20. The van der Waals surface area contributed by atoms with Gasteiger partial charge in [0.25, 0.3) is 10.0 Å². The number of sulfonamides is 1. The Morgan fingerprint density at radius 2 is 2.17 bits per heavy atom. The molecule has 0 bridgehead atoms. The number of nitrogens with zero attached hydrogens (tertiary/aromatic N) is 3. The Hall–Kier alpha value is -2.85. The van der Waals surface area contributed by atoms with E-state index in [9.17, 15) is 8.42 Å². The van der Waals surface area contributed by atoms with E-state index in [1.165, 1.54) is 19.6 Å². The van der Waals surface area contributed by atoms with E-state index in [2.05, 4.69) is 19.8 Å². The van der Waals surface area contributed by atoms with E-state index in [0.717, 1.165) is 24.3 Å². The van der Waals surface area contributed by atoms with Gasteiger partial charge in [0, 0.05) is 19.0 Å². The summed E-state index contributed by atoms with van der Waals surface area (Å²) in [5.41, 5.74) is 2.07. The van der Waals surface area contributed by atoms with Crippen molar-refractivity contribution in [2.24, 2.45) is 0 Å². The summed E-state index contributed by atoms with van der Waals surface area (Å²) in [4.78, 5) is 6.84. The summed E-state index contributed by atoms with van der Waals surface area (Å²) < 4.78 is 44.9. The first-order valence-corrected chi connectivity index (χ1v) is 10.9. The Kier molecular flexibility index (Phi) is 4.32. The molecule has 1 saturated heterocycles. The molecule has 0 amide bonds. The van der Waals surface area contributed by atoms with Crippen LogP contribution < -0.4 is 14.2 Å². The molecule has 0 unspecified atom stereocenters. The molecule has 10 heteroatoms. The molecule has 9 nitrogen and oxygen atoms in total. The molecule has 0 spiro atoms. The second-order valence-electron chi connectivity index (χ2n) is 7.11. The van der Waals surface area contributed by atoms with E-state index < -0.39 is 10.0 Å². The number of benzene rings is 1. The van der Waals surface area contributed by atoms with Crippen LogP contribution in [0.1, 0.15) is 17.7 Å². The highest BCUT2D eigenvalue weighted by Crippen LogP contribution is 2.36. The van der Waals surface area contributed by atoms with Crippen molar-refractivity contribution in [3.05, 3.63) is 35.5 Å². The number of methoxy groups -OCH3 is 1. The summed E-state index contributed by atoms with van der Waals surface area (Å²) in [6, 6.07) is 6.84. The first-order chi connectivity index (χ1) is 14.0. The van der Waals surface area contributed by atoms with Gasteiger partial charge in [0.1, 0.15) is 16.0 Å². The Labute approximate surface area is 167 Å². The van der Waals surface area contributed by atoms with Crippen molar-refractivity contribution in [3.8, 4) is 11.6 Å². The second kappa shape index (κ2) is 6.89. The molecule has 0 saturated carbocycles. The van der Waals surface area contributed by atoms with Gasteiger partial charge >= 0.3 is 0 Å². The maximum Gasteiger partial charge on any atom is 0.266 e. The van der Waals surface area contributed by atoms with E-state index in [1.807, 2.05) is 6.07 Å². The van der Waals surface area contributed by atoms with Gasteiger partial charge in [0.2, 0.25) is 5.88 Å². The quantitative estimate of drug-likeness (QED) is 0.652. The number of nitrogens with one attached hydrogen (secondary N) is 1. The summed E-state index contributed by atoms with van der Waals surface area (Å²) in [5.74, 6) is 0.691. The number of anilines is 1.